The van der Waals surface area contributed by atoms with Gasteiger partial charge < -0.3 is 15.4 Å². The Kier molecular flexibility index (Phi) is 4.00. The summed E-state index contributed by atoms with van der Waals surface area (Å²) in [6.07, 6.45) is 5.23. The van der Waals surface area contributed by atoms with Gasteiger partial charge >= 0.3 is 0 Å². The van der Waals surface area contributed by atoms with Crippen molar-refractivity contribution in [3.05, 3.63) is 0 Å². The minimum absolute atomic E-state index is 0.632. The van der Waals surface area contributed by atoms with Crippen molar-refractivity contribution in [1.82, 2.24) is 4.90 Å². The van der Waals surface area contributed by atoms with Crippen molar-refractivity contribution >= 4 is 0 Å². The molecule has 0 aromatic rings. The Balaban J connectivity index is 1.75. The van der Waals surface area contributed by atoms with Crippen LogP contribution in [0, 0.1) is 11.8 Å². The van der Waals surface area contributed by atoms with E-state index in [2.05, 4.69) is 11.9 Å². The van der Waals surface area contributed by atoms with Crippen molar-refractivity contribution in [2.24, 2.45) is 17.6 Å². The molecule has 3 nitrogen and oxygen atoms in total. The molecule has 1 aliphatic heterocycles. The molecule has 1 aliphatic carbocycles. The molecular formula is C12H24N2O. The average molecular weight is 212 g/mol. The topological polar surface area (TPSA) is 38.5 Å². The van der Waals surface area contributed by atoms with Gasteiger partial charge in [0.1, 0.15) is 0 Å². The zero-order valence-electron chi connectivity index (χ0n) is 9.82. The summed E-state index contributed by atoms with van der Waals surface area (Å²) in [5.41, 5.74) is 5.85. The second-order valence-corrected chi connectivity index (χ2v) is 5.14. The smallest absolute Gasteiger partial charge is 0.0469 e. The maximum Gasteiger partial charge on any atom is 0.0469 e. The fraction of sp³-hybridized carbons (Fsp3) is 1.00. The highest BCUT2D eigenvalue weighted by atomic mass is 16.5. The van der Waals surface area contributed by atoms with Crippen molar-refractivity contribution in [2.75, 3.05) is 33.4 Å². The summed E-state index contributed by atoms with van der Waals surface area (Å²) in [5, 5.41) is 0. The minimum atomic E-state index is 0.632. The molecule has 0 bridgehead atoms. The van der Waals surface area contributed by atoms with Gasteiger partial charge in [0.2, 0.25) is 0 Å². The van der Waals surface area contributed by atoms with E-state index in [1.807, 2.05) is 0 Å². The van der Waals surface area contributed by atoms with Crippen LogP contribution < -0.4 is 5.73 Å². The van der Waals surface area contributed by atoms with Crippen molar-refractivity contribution < 1.29 is 4.74 Å². The molecule has 1 atom stereocenters. The van der Waals surface area contributed by atoms with Gasteiger partial charge in [-0.15, -0.1) is 0 Å². The van der Waals surface area contributed by atoms with E-state index in [0.29, 0.717) is 6.04 Å². The standard InChI is InChI=1S/C12H24N2O/c1-14(12(8-13)11-2-3-11)9-10-4-6-15-7-5-10/h10-12H,2-9,13H2,1H3. The number of hydrogen-bond acceptors (Lipinski definition) is 3. The van der Waals surface area contributed by atoms with E-state index in [1.165, 1.54) is 32.2 Å². The minimum Gasteiger partial charge on any atom is -0.381 e. The highest BCUT2D eigenvalue weighted by Crippen LogP contribution is 2.35. The number of ether oxygens (including phenoxy) is 1. The Morgan fingerprint density at radius 3 is 2.47 bits per heavy atom. The van der Waals surface area contributed by atoms with E-state index in [1.54, 1.807) is 0 Å². The van der Waals surface area contributed by atoms with Gasteiger partial charge in [0, 0.05) is 32.3 Å². The summed E-state index contributed by atoms with van der Waals surface area (Å²) in [4.78, 5) is 2.49. The molecule has 88 valence electrons. The van der Waals surface area contributed by atoms with E-state index >= 15 is 0 Å². The molecule has 1 unspecified atom stereocenters. The van der Waals surface area contributed by atoms with Crippen LogP contribution in [0.4, 0.5) is 0 Å². The molecule has 0 radical (unpaired) electrons. The fourth-order valence-electron chi connectivity index (χ4n) is 2.68. The van der Waals surface area contributed by atoms with Gasteiger partial charge in [-0.3, -0.25) is 0 Å². The molecule has 2 fully saturated rings. The molecule has 0 aromatic carbocycles. The van der Waals surface area contributed by atoms with Gasteiger partial charge in [-0.2, -0.15) is 0 Å². The Bertz CT molecular complexity index is 188. The van der Waals surface area contributed by atoms with Crippen molar-refractivity contribution in [3.8, 4) is 0 Å². The summed E-state index contributed by atoms with van der Waals surface area (Å²) >= 11 is 0. The molecule has 0 spiro atoms. The van der Waals surface area contributed by atoms with E-state index in [-0.39, 0.29) is 0 Å². The lowest BCUT2D eigenvalue weighted by atomic mass is 9.98. The molecule has 1 saturated carbocycles. The number of nitrogens with two attached hydrogens (primary N) is 1. The summed E-state index contributed by atoms with van der Waals surface area (Å²) in [5.74, 6) is 1.72. The molecule has 2 aliphatic rings. The third kappa shape index (κ3) is 3.16. The zero-order valence-corrected chi connectivity index (χ0v) is 9.82. The van der Waals surface area contributed by atoms with Crippen molar-refractivity contribution in [2.45, 2.75) is 31.7 Å². The van der Waals surface area contributed by atoms with Crippen LogP contribution in [0.1, 0.15) is 25.7 Å². The second kappa shape index (κ2) is 5.28. The first-order valence-electron chi connectivity index (χ1n) is 6.29. The quantitative estimate of drug-likeness (QED) is 0.741. The predicted molar refractivity (Wildman–Crippen MR) is 61.7 cm³/mol. The van der Waals surface area contributed by atoms with Crippen molar-refractivity contribution in [3.63, 3.8) is 0 Å². The molecule has 3 heteroatoms. The summed E-state index contributed by atoms with van der Waals surface area (Å²) in [7, 11) is 2.24. The Morgan fingerprint density at radius 2 is 1.93 bits per heavy atom. The van der Waals surface area contributed by atoms with Gasteiger partial charge in [-0.05, 0) is 44.6 Å². The van der Waals surface area contributed by atoms with Crippen LogP contribution in [0.2, 0.25) is 0 Å². The van der Waals surface area contributed by atoms with Gasteiger partial charge in [-0.1, -0.05) is 0 Å². The largest absolute Gasteiger partial charge is 0.381 e. The first-order chi connectivity index (χ1) is 7.31. The Hall–Kier alpha value is -0.120. The first kappa shape index (κ1) is 11.4. The van der Waals surface area contributed by atoms with E-state index < -0.39 is 0 Å². The predicted octanol–water partition coefficient (Wildman–Crippen LogP) is 1.08. The maximum absolute atomic E-state index is 5.85. The molecule has 2 rings (SSSR count). The van der Waals surface area contributed by atoms with Crippen LogP contribution in [-0.2, 0) is 4.74 Å². The lowest BCUT2D eigenvalue weighted by molar-refractivity contribution is 0.0493. The molecular weight excluding hydrogens is 188 g/mol. The van der Waals surface area contributed by atoms with Gasteiger partial charge in [0.25, 0.3) is 0 Å². The number of likely N-dealkylation sites (N-methyl/N-ethyl adjacent to an activating group) is 1. The third-order valence-electron chi connectivity index (χ3n) is 3.86. The maximum atomic E-state index is 5.85. The molecule has 0 amide bonds. The number of hydrogen-bond donors (Lipinski definition) is 1. The van der Waals surface area contributed by atoms with Crippen LogP contribution >= 0.6 is 0 Å². The van der Waals surface area contributed by atoms with Crippen LogP contribution in [0.5, 0.6) is 0 Å². The highest BCUT2D eigenvalue weighted by Gasteiger charge is 2.33. The zero-order chi connectivity index (χ0) is 10.7. The van der Waals surface area contributed by atoms with E-state index in [0.717, 1.165) is 31.6 Å². The van der Waals surface area contributed by atoms with Crippen LogP contribution in [-0.4, -0.2) is 44.3 Å². The monoisotopic (exact) mass is 212 g/mol. The number of rotatable bonds is 5. The van der Waals surface area contributed by atoms with Gasteiger partial charge in [0.05, 0.1) is 0 Å². The Labute approximate surface area is 93.0 Å². The third-order valence-corrected chi connectivity index (χ3v) is 3.86. The Morgan fingerprint density at radius 1 is 1.27 bits per heavy atom. The average Bonchev–Trinajstić information content (AvgIpc) is 3.04. The van der Waals surface area contributed by atoms with E-state index in [4.69, 9.17) is 10.5 Å². The van der Waals surface area contributed by atoms with Crippen LogP contribution in [0.3, 0.4) is 0 Å². The fourth-order valence-corrected chi connectivity index (χ4v) is 2.68. The summed E-state index contributed by atoms with van der Waals surface area (Å²) in [6.45, 7) is 3.94. The molecule has 2 N–H and O–H groups in total. The normalized spacial score (nSPS) is 25.8. The molecule has 0 aromatic heterocycles. The lowest BCUT2D eigenvalue weighted by Gasteiger charge is -2.32. The van der Waals surface area contributed by atoms with Gasteiger partial charge in [0.15, 0.2) is 0 Å². The SMILES string of the molecule is CN(CC1CCOCC1)C(CN)C1CC1. The van der Waals surface area contributed by atoms with Crippen LogP contribution in [0.15, 0.2) is 0 Å². The summed E-state index contributed by atoms with van der Waals surface area (Å²) in [6, 6.07) is 0.632. The van der Waals surface area contributed by atoms with Crippen molar-refractivity contribution in [1.29, 1.82) is 0 Å². The van der Waals surface area contributed by atoms with Gasteiger partial charge in [-0.25, -0.2) is 0 Å². The second-order valence-electron chi connectivity index (χ2n) is 5.14. The highest BCUT2D eigenvalue weighted by molar-refractivity contribution is 4.88. The number of nitrogens with zero attached hydrogens (tertiary/aromatic N) is 1. The molecule has 1 heterocycles. The summed E-state index contributed by atoms with van der Waals surface area (Å²) < 4.78 is 5.38. The lowest BCUT2D eigenvalue weighted by Crippen LogP contribution is -2.42. The van der Waals surface area contributed by atoms with Crippen LogP contribution in [0.25, 0.3) is 0 Å². The van der Waals surface area contributed by atoms with E-state index in [9.17, 15) is 0 Å². The first-order valence-corrected chi connectivity index (χ1v) is 6.29. The molecule has 1 saturated heterocycles. The molecule has 15 heavy (non-hydrogen) atoms.